The van der Waals surface area contributed by atoms with E-state index in [1.165, 1.54) is 11.8 Å². The summed E-state index contributed by atoms with van der Waals surface area (Å²) in [4.78, 5) is 48.8. The number of benzene rings is 3. The summed E-state index contributed by atoms with van der Waals surface area (Å²) in [7, 11) is 0. The number of nitrogens with one attached hydrogen (secondary N) is 2. The molecule has 0 radical (unpaired) electrons. The Labute approximate surface area is 209 Å². The van der Waals surface area contributed by atoms with E-state index in [-0.39, 0.29) is 23.8 Å². The first-order valence-electron chi connectivity index (χ1n) is 10.6. The summed E-state index contributed by atoms with van der Waals surface area (Å²) < 4.78 is 10.6. The third-order valence-corrected chi connectivity index (χ3v) is 6.25. The summed E-state index contributed by atoms with van der Waals surface area (Å²) in [5.74, 6) is -2.50. The van der Waals surface area contributed by atoms with Crippen LogP contribution >= 0.6 is 11.8 Å². The van der Waals surface area contributed by atoms with Crippen LogP contribution < -0.4 is 20.1 Å². The molecular weight excluding hydrogens is 488 g/mol. The quantitative estimate of drug-likeness (QED) is 0.328. The Bertz CT molecular complexity index is 1370. The van der Waals surface area contributed by atoms with Crippen molar-refractivity contribution >= 4 is 46.9 Å². The smallest absolute Gasteiger partial charge is 0.336 e. The number of carboxylic acids is 2. The number of aromatic carboxylic acids is 2. The monoisotopic (exact) mass is 508 g/mol. The van der Waals surface area contributed by atoms with Crippen molar-refractivity contribution in [3.63, 3.8) is 0 Å². The highest BCUT2D eigenvalue weighted by molar-refractivity contribution is 8.00. The zero-order chi connectivity index (χ0) is 25.8. The lowest BCUT2D eigenvalue weighted by molar-refractivity contribution is -0.115. The molecule has 0 bridgehead atoms. The summed E-state index contributed by atoms with van der Waals surface area (Å²) in [5.41, 5.74) is 0.108. The molecule has 11 heteroatoms. The summed E-state index contributed by atoms with van der Waals surface area (Å²) in [6, 6.07) is 15.1. The maximum atomic E-state index is 12.7. The first kappa shape index (κ1) is 24.6. The van der Waals surface area contributed by atoms with Crippen LogP contribution in [0.3, 0.4) is 0 Å². The van der Waals surface area contributed by atoms with E-state index in [0.29, 0.717) is 27.8 Å². The van der Waals surface area contributed by atoms with E-state index in [0.717, 1.165) is 18.2 Å². The molecule has 0 aliphatic carbocycles. The topological polar surface area (TPSA) is 151 Å². The Balaban J connectivity index is 1.42. The number of thioether (sulfide) groups is 1. The van der Waals surface area contributed by atoms with E-state index >= 15 is 0 Å². The van der Waals surface area contributed by atoms with Crippen LogP contribution in [-0.4, -0.2) is 46.0 Å². The second-order valence-corrected chi connectivity index (χ2v) is 9.08. The average molecular weight is 509 g/mol. The molecule has 1 heterocycles. The van der Waals surface area contributed by atoms with Crippen molar-refractivity contribution in [1.82, 2.24) is 0 Å². The molecule has 1 atom stereocenters. The molecule has 4 N–H and O–H groups in total. The maximum absolute atomic E-state index is 12.7. The van der Waals surface area contributed by atoms with Crippen molar-refractivity contribution in [1.29, 1.82) is 0 Å². The van der Waals surface area contributed by atoms with Crippen LogP contribution in [0.4, 0.5) is 11.4 Å². The maximum Gasteiger partial charge on any atom is 0.336 e. The highest BCUT2D eigenvalue weighted by Gasteiger charge is 2.20. The number of hydrogen-bond acceptors (Lipinski definition) is 7. The minimum atomic E-state index is -1.42. The average Bonchev–Trinajstić information content (AvgIpc) is 3.31. The van der Waals surface area contributed by atoms with Crippen LogP contribution in [0.5, 0.6) is 11.5 Å². The van der Waals surface area contributed by atoms with E-state index in [1.807, 2.05) is 0 Å². The number of amides is 2. The molecule has 1 aliphatic heterocycles. The number of ether oxygens (including phenoxy) is 2. The van der Waals surface area contributed by atoms with Gasteiger partial charge in [-0.15, -0.1) is 11.8 Å². The van der Waals surface area contributed by atoms with Gasteiger partial charge in [0.25, 0.3) is 5.91 Å². The normalized spacial score (nSPS) is 12.5. The minimum absolute atomic E-state index is 0.136. The number of anilines is 2. The molecule has 3 aromatic carbocycles. The fourth-order valence-corrected chi connectivity index (χ4v) is 4.30. The third kappa shape index (κ3) is 5.58. The molecule has 3 aromatic rings. The number of rotatable bonds is 8. The Morgan fingerprint density at radius 2 is 1.58 bits per heavy atom. The first-order chi connectivity index (χ1) is 17.2. The molecule has 0 aromatic heterocycles. The molecule has 0 spiro atoms. The molecule has 1 aliphatic rings. The second kappa shape index (κ2) is 10.4. The lowest BCUT2D eigenvalue weighted by Crippen LogP contribution is -2.22. The molecule has 10 nitrogen and oxygen atoms in total. The van der Waals surface area contributed by atoms with Crippen LogP contribution in [0.25, 0.3) is 0 Å². The second-order valence-electron chi connectivity index (χ2n) is 7.67. The van der Waals surface area contributed by atoms with Gasteiger partial charge in [-0.3, -0.25) is 9.59 Å². The zero-order valence-corrected chi connectivity index (χ0v) is 19.6. The van der Waals surface area contributed by atoms with Gasteiger partial charge < -0.3 is 30.3 Å². The molecule has 36 heavy (non-hydrogen) atoms. The van der Waals surface area contributed by atoms with Crippen LogP contribution in [0.1, 0.15) is 38.0 Å². The van der Waals surface area contributed by atoms with E-state index in [9.17, 15) is 24.3 Å². The Hall–Kier alpha value is -4.51. The van der Waals surface area contributed by atoms with Gasteiger partial charge in [-0.1, -0.05) is 6.07 Å². The standard InChI is InChI=1S/C25H20N2O8S/c1-13(22(28)26-16-6-8-20-21(11-16)35-12-34-20)36-17-4-2-3-15(10-17)27-23(29)18-7-5-14(24(30)31)9-19(18)25(32)33/h2-11,13H,12H2,1H3,(H,26,28)(H,27,29)(H,30,31)(H,32,33). The predicted molar refractivity (Wildman–Crippen MR) is 131 cm³/mol. The number of carboxylic acid groups (broad SMARTS) is 2. The largest absolute Gasteiger partial charge is 0.478 e. The van der Waals surface area contributed by atoms with E-state index < -0.39 is 28.7 Å². The third-order valence-electron chi connectivity index (χ3n) is 5.16. The minimum Gasteiger partial charge on any atom is -0.478 e. The van der Waals surface area contributed by atoms with Crippen molar-refractivity contribution in [2.24, 2.45) is 0 Å². The summed E-state index contributed by atoms with van der Waals surface area (Å²) in [5, 5.41) is 23.5. The molecular formula is C25H20N2O8S. The molecule has 2 amide bonds. The molecule has 0 saturated heterocycles. The lowest BCUT2D eigenvalue weighted by Gasteiger charge is -2.14. The Kier molecular flexibility index (Phi) is 7.11. The molecule has 0 saturated carbocycles. The Morgan fingerprint density at radius 1 is 0.833 bits per heavy atom. The predicted octanol–water partition coefficient (Wildman–Crippen LogP) is 4.18. The van der Waals surface area contributed by atoms with Crippen molar-refractivity contribution in [2.45, 2.75) is 17.1 Å². The van der Waals surface area contributed by atoms with Crippen LogP contribution in [0, 0.1) is 0 Å². The van der Waals surface area contributed by atoms with Crippen LogP contribution in [0.15, 0.2) is 65.6 Å². The van der Waals surface area contributed by atoms with Crippen LogP contribution in [-0.2, 0) is 4.79 Å². The first-order valence-corrected chi connectivity index (χ1v) is 11.5. The Morgan fingerprint density at radius 3 is 2.33 bits per heavy atom. The van der Waals surface area contributed by atoms with Crippen molar-refractivity contribution < 1.29 is 38.9 Å². The van der Waals surface area contributed by atoms with Crippen molar-refractivity contribution in [2.75, 3.05) is 17.4 Å². The summed E-state index contributed by atoms with van der Waals surface area (Å²) in [6.07, 6.45) is 0. The van der Waals surface area contributed by atoms with E-state index in [2.05, 4.69) is 10.6 Å². The fraction of sp³-hybridized carbons (Fsp3) is 0.120. The van der Waals surface area contributed by atoms with Gasteiger partial charge in [0.1, 0.15) is 0 Å². The van der Waals surface area contributed by atoms with Gasteiger partial charge in [0.2, 0.25) is 12.7 Å². The van der Waals surface area contributed by atoms with E-state index in [1.54, 1.807) is 49.4 Å². The number of fused-ring (bicyclic) bond motifs is 1. The highest BCUT2D eigenvalue weighted by Crippen LogP contribution is 2.34. The van der Waals surface area contributed by atoms with Gasteiger partial charge in [0, 0.05) is 22.3 Å². The summed E-state index contributed by atoms with van der Waals surface area (Å²) >= 11 is 1.27. The molecule has 1 unspecified atom stereocenters. The van der Waals surface area contributed by atoms with Crippen molar-refractivity contribution in [3.8, 4) is 11.5 Å². The van der Waals surface area contributed by atoms with Gasteiger partial charge in [-0.2, -0.15) is 0 Å². The number of carbonyl (C=O) groups is 4. The van der Waals surface area contributed by atoms with Gasteiger partial charge in [-0.05, 0) is 55.5 Å². The number of carbonyl (C=O) groups excluding carboxylic acids is 2. The SMILES string of the molecule is CC(Sc1cccc(NC(=O)c2ccc(C(=O)O)cc2C(=O)O)c1)C(=O)Nc1ccc2c(c1)OCO2. The summed E-state index contributed by atoms with van der Waals surface area (Å²) in [6.45, 7) is 1.87. The van der Waals surface area contributed by atoms with Gasteiger partial charge >= 0.3 is 11.9 Å². The van der Waals surface area contributed by atoms with Crippen LogP contribution in [0.2, 0.25) is 0 Å². The van der Waals surface area contributed by atoms with E-state index in [4.69, 9.17) is 14.6 Å². The highest BCUT2D eigenvalue weighted by atomic mass is 32.2. The molecule has 4 rings (SSSR count). The van der Waals surface area contributed by atoms with Gasteiger partial charge in [0.05, 0.1) is 21.9 Å². The van der Waals surface area contributed by atoms with Gasteiger partial charge in [0.15, 0.2) is 11.5 Å². The van der Waals surface area contributed by atoms with Gasteiger partial charge in [-0.25, -0.2) is 9.59 Å². The lowest BCUT2D eigenvalue weighted by atomic mass is 10.0. The molecule has 0 fully saturated rings. The zero-order valence-electron chi connectivity index (χ0n) is 18.8. The fourth-order valence-electron chi connectivity index (χ4n) is 3.37. The van der Waals surface area contributed by atoms with Crippen molar-refractivity contribution in [3.05, 3.63) is 77.4 Å². The number of hydrogen-bond donors (Lipinski definition) is 4. The molecule has 184 valence electrons.